The fourth-order valence-corrected chi connectivity index (χ4v) is 3.17. The van der Waals surface area contributed by atoms with Crippen LogP contribution in [0.5, 0.6) is 11.5 Å². The molecular formula is C23H21N5O3. The van der Waals surface area contributed by atoms with E-state index in [0.717, 1.165) is 22.6 Å². The summed E-state index contributed by atoms with van der Waals surface area (Å²) in [6, 6.07) is 18.6. The highest BCUT2D eigenvalue weighted by molar-refractivity contribution is 5.98. The van der Waals surface area contributed by atoms with Crippen molar-refractivity contribution in [2.75, 3.05) is 14.2 Å². The highest BCUT2D eigenvalue weighted by Gasteiger charge is 2.22. The van der Waals surface area contributed by atoms with Crippen LogP contribution in [-0.2, 0) is 6.54 Å². The van der Waals surface area contributed by atoms with E-state index >= 15 is 0 Å². The Balaban J connectivity index is 1.68. The molecule has 0 aliphatic heterocycles. The molecule has 2 heterocycles. The van der Waals surface area contributed by atoms with Crippen LogP contribution in [0.2, 0.25) is 0 Å². The quantitative estimate of drug-likeness (QED) is 0.498. The van der Waals surface area contributed by atoms with Crippen molar-refractivity contribution >= 4 is 5.91 Å². The van der Waals surface area contributed by atoms with Crippen LogP contribution in [0, 0.1) is 0 Å². The van der Waals surface area contributed by atoms with Gasteiger partial charge in [-0.05, 0) is 42.0 Å². The Bertz CT molecular complexity index is 1190. The summed E-state index contributed by atoms with van der Waals surface area (Å²) in [4.78, 5) is 17.2. The van der Waals surface area contributed by atoms with Crippen molar-refractivity contribution in [1.82, 2.24) is 25.3 Å². The zero-order valence-corrected chi connectivity index (χ0v) is 17.1. The second kappa shape index (κ2) is 9.08. The van der Waals surface area contributed by atoms with Crippen LogP contribution >= 0.6 is 0 Å². The van der Waals surface area contributed by atoms with Crippen LogP contribution < -0.4 is 14.8 Å². The van der Waals surface area contributed by atoms with Gasteiger partial charge in [0.1, 0.15) is 17.2 Å². The first-order chi connectivity index (χ1) is 15.2. The molecule has 8 heteroatoms. The van der Waals surface area contributed by atoms with Gasteiger partial charge in [0.25, 0.3) is 5.91 Å². The van der Waals surface area contributed by atoms with Crippen molar-refractivity contribution in [3.8, 4) is 28.4 Å². The molecule has 0 unspecified atom stereocenters. The third kappa shape index (κ3) is 4.37. The predicted molar refractivity (Wildman–Crippen MR) is 115 cm³/mol. The van der Waals surface area contributed by atoms with Crippen LogP contribution in [0.3, 0.4) is 0 Å². The fourth-order valence-electron chi connectivity index (χ4n) is 3.17. The number of ether oxygens (including phenoxy) is 2. The largest absolute Gasteiger partial charge is 0.497 e. The first-order valence-electron chi connectivity index (χ1n) is 9.61. The Morgan fingerprint density at radius 1 is 1.00 bits per heavy atom. The van der Waals surface area contributed by atoms with E-state index in [-0.39, 0.29) is 11.6 Å². The molecule has 156 valence electrons. The molecule has 0 spiro atoms. The molecular weight excluding hydrogens is 394 g/mol. The first-order valence-corrected chi connectivity index (χ1v) is 9.61. The first kappa shape index (κ1) is 20.1. The minimum Gasteiger partial charge on any atom is -0.497 e. The number of pyridine rings is 1. The maximum atomic E-state index is 13.0. The second-order valence-corrected chi connectivity index (χ2v) is 6.68. The van der Waals surface area contributed by atoms with Crippen molar-refractivity contribution < 1.29 is 14.3 Å². The van der Waals surface area contributed by atoms with Gasteiger partial charge in [-0.1, -0.05) is 23.4 Å². The van der Waals surface area contributed by atoms with E-state index in [1.54, 1.807) is 37.4 Å². The van der Waals surface area contributed by atoms with Crippen LogP contribution in [0.25, 0.3) is 16.9 Å². The standard InChI is InChI=1S/C23H21N5O3/c1-30-19-9-3-6-16(12-19)14-25-23(29)21-22(17-7-5-11-24-15-17)28(27-26-21)18-8-4-10-20(13-18)31-2/h3-13,15H,14H2,1-2H3,(H,25,29). The number of carbonyl (C=O) groups is 1. The zero-order chi connectivity index (χ0) is 21.6. The van der Waals surface area contributed by atoms with E-state index in [1.807, 2.05) is 54.6 Å². The summed E-state index contributed by atoms with van der Waals surface area (Å²) in [5.74, 6) is 1.07. The number of carbonyl (C=O) groups excluding carboxylic acids is 1. The number of methoxy groups -OCH3 is 2. The molecule has 0 saturated heterocycles. The molecule has 8 nitrogen and oxygen atoms in total. The van der Waals surface area contributed by atoms with E-state index in [0.29, 0.717) is 18.0 Å². The fraction of sp³-hybridized carbons (Fsp3) is 0.130. The van der Waals surface area contributed by atoms with Crippen LogP contribution in [0.15, 0.2) is 73.1 Å². The predicted octanol–water partition coefficient (Wildman–Crippen LogP) is 3.28. The molecule has 4 aromatic rings. The molecule has 1 amide bonds. The van der Waals surface area contributed by atoms with Crippen molar-refractivity contribution in [2.24, 2.45) is 0 Å². The maximum Gasteiger partial charge on any atom is 0.274 e. The molecule has 1 N–H and O–H groups in total. The molecule has 4 rings (SSSR count). The second-order valence-electron chi connectivity index (χ2n) is 6.68. The number of nitrogens with one attached hydrogen (secondary N) is 1. The third-order valence-electron chi connectivity index (χ3n) is 4.71. The SMILES string of the molecule is COc1cccc(CNC(=O)c2nnn(-c3cccc(OC)c3)c2-c2cccnc2)c1. The third-order valence-corrected chi connectivity index (χ3v) is 4.71. The van der Waals surface area contributed by atoms with Gasteiger partial charge in [-0.2, -0.15) is 0 Å². The lowest BCUT2D eigenvalue weighted by Crippen LogP contribution is -2.24. The van der Waals surface area contributed by atoms with Crippen molar-refractivity contribution in [2.45, 2.75) is 6.54 Å². The van der Waals surface area contributed by atoms with Crippen LogP contribution in [0.1, 0.15) is 16.1 Å². The van der Waals surface area contributed by atoms with Crippen molar-refractivity contribution in [3.05, 3.63) is 84.3 Å². The van der Waals surface area contributed by atoms with Gasteiger partial charge in [0, 0.05) is 30.6 Å². The number of benzene rings is 2. The molecule has 0 fully saturated rings. The summed E-state index contributed by atoms with van der Waals surface area (Å²) in [5.41, 5.74) is 3.11. The number of aromatic nitrogens is 4. The Morgan fingerprint density at radius 2 is 1.77 bits per heavy atom. The van der Waals surface area contributed by atoms with E-state index < -0.39 is 0 Å². The molecule has 31 heavy (non-hydrogen) atoms. The van der Waals surface area contributed by atoms with Crippen LogP contribution in [0.4, 0.5) is 0 Å². The van der Waals surface area contributed by atoms with E-state index in [9.17, 15) is 4.79 Å². The van der Waals surface area contributed by atoms with E-state index in [1.165, 1.54) is 0 Å². The molecule has 0 atom stereocenters. The van der Waals surface area contributed by atoms with Gasteiger partial charge in [-0.25, -0.2) is 4.68 Å². The number of rotatable bonds is 7. The summed E-state index contributed by atoms with van der Waals surface area (Å²) >= 11 is 0. The van der Waals surface area contributed by atoms with Gasteiger partial charge >= 0.3 is 0 Å². The summed E-state index contributed by atoms with van der Waals surface area (Å²) in [5, 5.41) is 11.3. The molecule has 0 radical (unpaired) electrons. The number of nitrogens with zero attached hydrogens (tertiary/aromatic N) is 4. The minimum atomic E-state index is -0.337. The van der Waals surface area contributed by atoms with Crippen molar-refractivity contribution in [3.63, 3.8) is 0 Å². The number of amides is 1. The summed E-state index contributed by atoms with van der Waals surface area (Å²) in [7, 11) is 3.20. The lowest BCUT2D eigenvalue weighted by Gasteiger charge is -2.10. The summed E-state index contributed by atoms with van der Waals surface area (Å²) < 4.78 is 12.2. The smallest absolute Gasteiger partial charge is 0.274 e. The Kier molecular flexibility index (Phi) is 5.89. The average molecular weight is 415 g/mol. The van der Waals surface area contributed by atoms with Gasteiger partial charge in [0.05, 0.1) is 19.9 Å². The van der Waals surface area contributed by atoms with Gasteiger partial charge in [0.2, 0.25) is 0 Å². The lowest BCUT2D eigenvalue weighted by molar-refractivity contribution is 0.0946. The molecule has 0 saturated carbocycles. The van der Waals surface area contributed by atoms with Gasteiger partial charge < -0.3 is 14.8 Å². The molecule has 0 bridgehead atoms. The highest BCUT2D eigenvalue weighted by Crippen LogP contribution is 2.26. The monoisotopic (exact) mass is 415 g/mol. The molecule has 0 aliphatic rings. The van der Waals surface area contributed by atoms with E-state index in [2.05, 4.69) is 20.6 Å². The molecule has 0 aliphatic carbocycles. The van der Waals surface area contributed by atoms with Crippen LogP contribution in [-0.4, -0.2) is 40.1 Å². The van der Waals surface area contributed by atoms with Crippen molar-refractivity contribution in [1.29, 1.82) is 0 Å². The van der Waals surface area contributed by atoms with Gasteiger partial charge in [-0.3, -0.25) is 9.78 Å². The topological polar surface area (TPSA) is 91.2 Å². The van der Waals surface area contributed by atoms with Gasteiger partial charge in [0.15, 0.2) is 5.69 Å². The zero-order valence-electron chi connectivity index (χ0n) is 17.1. The Morgan fingerprint density at radius 3 is 2.52 bits per heavy atom. The highest BCUT2D eigenvalue weighted by atomic mass is 16.5. The maximum absolute atomic E-state index is 13.0. The van der Waals surface area contributed by atoms with E-state index in [4.69, 9.17) is 9.47 Å². The molecule has 2 aromatic carbocycles. The lowest BCUT2D eigenvalue weighted by atomic mass is 10.1. The summed E-state index contributed by atoms with van der Waals surface area (Å²) in [6.45, 7) is 0.328. The Hall–Kier alpha value is -4.20. The average Bonchev–Trinajstić information content (AvgIpc) is 3.28. The van der Waals surface area contributed by atoms with Gasteiger partial charge in [-0.15, -0.1) is 5.10 Å². The summed E-state index contributed by atoms with van der Waals surface area (Å²) in [6.07, 6.45) is 3.35. The number of hydrogen-bond acceptors (Lipinski definition) is 6. The Labute approximate surface area is 179 Å². The minimum absolute atomic E-state index is 0.207. The number of hydrogen-bond donors (Lipinski definition) is 1. The normalized spacial score (nSPS) is 10.5. The molecule has 2 aromatic heterocycles.